The van der Waals surface area contributed by atoms with Crippen LogP contribution in [0.25, 0.3) is 0 Å². The Morgan fingerprint density at radius 3 is 2.94 bits per heavy atom. The zero-order chi connectivity index (χ0) is 13.1. The van der Waals surface area contributed by atoms with Crippen molar-refractivity contribution in [3.8, 4) is 0 Å². The van der Waals surface area contributed by atoms with Gasteiger partial charge in [-0.15, -0.1) is 0 Å². The largest absolute Gasteiger partial charge is 0.397 e. The van der Waals surface area contributed by atoms with Gasteiger partial charge in [0.05, 0.1) is 11.4 Å². The molecule has 1 aromatic carbocycles. The summed E-state index contributed by atoms with van der Waals surface area (Å²) in [4.78, 5) is 2.38. The Bertz CT molecular complexity index is 420. The summed E-state index contributed by atoms with van der Waals surface area (Å²) in [6.45, 7) is 3.78. The Hall–Kier alpha value is -1.29. The van der Waals surface area contributed by atoms with Gasteiger partial charge in [-0.25, -0.2) is 4.39 Å². The van der Waals surface area contributed by atoms with Crippen molar-refractivity contribution in [2.75, 3.05) is 31.2 Å². The van der Waals surface area contributed by atoms with E-state index in [4.69, 9.17) is 5.73 Å². The number of hydrogen-bond acceptors (Lipinski definition) is 3. The molecule has 1 heterocycles. The summed E-state index contributed by atoms with van der Waals surface area (Å²) >= 11 is 0. The topological polar surface area (TPSA) is 41.3 Å². The molecule has 0 radical (unpaired) electrons. The van der Waals surface area contributed by atoms with Gasteiger partial charge in [-0.05, 0) is 51.1 Å². The predicted molar refractivity (Wildman–Crippen MR) is 74.3 cm³/mol. The molecule has 1 aliphatic heterocycles. The van der Waals surface area contributed by atoms with E-state index in [9.17, 15) is 4.39 Å². The number of likely N-dealkylation sites (N-methyl/N-ethyl adjacent to an activating group) is 1. The Kier molecular flexibility index (Phi) is 4.07. The number of anilines is 2. The molecule has 2 rings (SSSR count). The fourth-order valence-corrected chi connectivity index (χ4v) is 2.48. The lowest BCUT2D eigenvalue weighted by Gasteiger charge is -2.32. The van der Waals surface area contributed by atoms with E-state index in [1.807, 2.05) is 0 Å². The smallest absolute Gasteiger partial charge is 0.128 e. The van der Waals surface area contributed by atoms with Gasteiger partial charge in [-0.2, -0.15) is 0 Å². The molecule has 1 atom stereocenters. The fourth-order valence-electron chi connectivity index (χ4n) is 2.48. The molecule has 3 nitrogen and oxygen atoms in total. The second kappa shape index (κ2) is 5.57. The van der Waals surface area contributed by atoms with Crippen molar-refractivity contribution >= 4 is 11.4 Å². The first kappa shape index (κ1) is 13.1. The van der Waals surface area contributed by atoms with Crippen LogP contribution in [0.2, 0.25) is 0 Å². The minimum atomic E-state index is -0.243. The summed E-state index contributed by atoms with van der Waals surface area (Å²) in [6, 6.07) is 3.72. The lowest BCUT2D eigenvalue weighted by Crippen LogP contribution is -2.40. The van der Waals surface area contributed by atoms with Crippen LogP contribution in [-0.4, -0.2) is 31.1 Å². The van der Waals surface area contributed by atoms with Crippen LogP contribution in [0.4, 0.5) is 15.8 Å². The standard InChI is InChI=1S/C14H22FN3/c1-10-7-14(13(16)8-12(10)15)17-9-11-5-3-4-6-18(11)2/h7-8,11,17H,3-6,9,16H2,1-2H3. The fraction of sp³-hybridized carbons (Fsp3) is 0.571. The predicted octanol–water partition coefficient (Wildman–Crippen LogP) is 2.61. The summed E-state index contributed by atoms with van der Waals surface area (Å²) in [6.07, 6.45) is 3.78. The highest BCUT2D eigenvalue weighted by Crippen LogP contribution is 2.23. The Labute approximate surface area is 108 Å². The van der Waals surface area contributed by atoms with Gasteiger partial charge < -0.3 is 16.0 Å². The SMILES string of the molecule is Cc1cc(NCC2CCCCN2C)c(N)cc1F. The van der Waals surface area contributed by atoms with E-state index in [1.165, 1.54) is 25.3 Å². The molecule has 18 heavy (non-hydrogen) atoms. The first-order valence-corrected chi connectivity index (χ1v) is 6.57. The average Bonchev–Trinajstić information content (AvgIpc) is 2.34. The van der Waals surface area contributed by atoms with Gasteiger partial charge in [-0.1, -0.05) is 6.42 Å². The number of piperidine rings is 1. The van der Waals surface area contributed by atoms with Crippen molar-refractivity contribution < 1.29 is 4.39 Å². The molecule has 1 saturated heterocycles. The number of nitrogen functional groups attached to an aromatic ring is 1. The van der Waals surface area contributed by atoms with Crippen molar-refractivity contribution in [2.45, 2.75) is 32.2 Å². The van der Waals surface area contributed by atoms with Crippen molar-refractivity contribution in [1.82, 2.24) is 4.90 Å². The molecule has 100 valence electrons. The zero-order valence-electron chi connectivity index (χ0n) is 11.2. The normalized spacial score (nSPS) is 20.9. The van der Waals surface area contributed by atoms with E-state index in [0.29, 0.717) is 17.3 Å². The average molecular weight is 251 g/mol. The van der Waals surface area contributed by atoms with Crippen LogP contribution in [0.1, 0.15) is 24.8 Å². The molecule has 0 bridgehead atoms. The lowest BCUT2D eigenvalue weighted by molar-refractivity contribution is 0.194. The summed E-state index contributed by atoms with van der Waals surface area (Å²) in [7, 11) is 2.16. The molecule has 0 aromatic heterocycles. The molecule has 3 N–H and O–H groups in total. The maximum atomic E-state index is 13.3. The second-order valence-electron chi connectivity index (χ2n) is 5.20. The van der Waals surface area contributed by atoms with Gasteiger partial charge in [0.15, 0.2) is 0 Å². The van der Waals surface area contributed by atoms with E-state index < -0.39 is 0 Å². The second-order valence-corrected chi connectivity index (χ2v) is 5.20. The summed E-state index contributed by atoms with van der Waals surface area (Å²) in [5.74, 6) is -0.243. The molecule has 4 heteroatoms. The minimum Gasteiger partial charge on any atom is -0.397 e. The Morgan fingerprint density at radius 2 is 2.22 bits per heavy atom. The first-order chi connectivity index (χ1) is 8.58. The molecular formula is C14H22FN3. The van der Waals surface area contributed by atoms with Gasteiger partial charge in [0, 0.05) is 12.6 Å². The monoisotopic (exact) mass is 251 g/mol. The van der Waals surface area contributed by atoms with Crippen LogP contribution in [-0.2, 0) is 0 Å². The molecule has 1 aromatic rings. The zero-order valence-corrected chi connectivity index (χ0v) is 11.2. The number of nitrogens with one attached hydrogen (secondary N) is 1. The number of rotatable bonds is 3. The maximum Gasteiger partial charge on any atom is 0.128 e. The number of halogens is 1. The summed E-state index contributed by atoms with van der Waals surface area (Å²) in [5, 5.41) is 3.35. The van der Waals surface area contributed by atoms with Crippen molar-refractivity contribution in [3.63, 3.8) is 0 Å². The highest BCUT2D eigenvalue weighted by molar-refractivity contribution is 5.67. The Morgan fingerprint density at radius 1 is 1.44 bits per heavy atom. The molecule has 0 aliphatic carbocycles. The van der Waals surface area contributed by atoms with Crippen LogP contribution in [0.15, 0.2) is 12.1 Å². The number of nitrogens with two attached hydrogens (primary N) is 1. The third-order valence-electron chi connectivity index (χ3n) is 3.78. The first-order valence-electron chi connectivity index (χ1n) is 6.57. The number of nitrogens with zero attached hydrogens (tertiary/aromatic N) is 1. The van der Waals surface area contributed by atoms with Gasteiger partial charge in [0.2, 0.25) is 0 Å². The number of aryl methyl sites for hydroxylation is 1. The van der Waals surface area contributed by atoms with E-state index >= 15 is 0 Å². The van der Waals surface area contributed by atoms with E-state index in [1.54, 1.807) is 13.0 Å². The minimum absolute atomic E-state index is 0.243. The number of hydrogen-bond donors (Lipinski definition) is 2. The Balaban J connectivity index is 1.99. The van der Waals surface area contributed by atoms with Crippen LogP contribution in [0.5, 0.6) is 0 Å². The molecule has 0 amide bonds. The van der Waals surface area contributed by atoms with Crippen LogP contribution in [0, 0.1) is 12.7 Å². The van der Waals surface area contributed by atoms with E-state index in [0.717, 1.165) is 18.8 Å². The van der Waals surface area contributed by atoms with Gasteiger partial charge >= 0.3 is 0 Å². The molecule has 1 unspecified atom stereocenters. The van der Waals surface area contributed by atoms with Crippen LogP contribution < -0.4 is 11.1 Å². The van der Waals surface area contributed by atoms with E-state index in [2.05, 4.69) is 17.3 Å². The van der Waals surface area contributed by atoms with Crippen LogP contribution in [0.3, 0.4) is 0 Å². The van der Waals surface area contributed by atoms with Gasteiger partial charge in [-0.3, -0.25) is 0 Å². The maximum absolute atomic E-state index is 13.3. The molecular weight excluding hydrogens is 229 g/mol. The quantitative estimate of drug-likeness (QED) is 0.811. The summed E-state index contributed by atoms with van der Waals surface area (Å²) < 4.78 is 13.3. The highest BCUT2D eigenvalue weighted by atomic mass is 19.1. The highest BCUT2D eigenvalue weighted by Gasteiger charge is 2.18. The molecule has 1 fully saturated rings. The van der Waals surface area contributed by atoms with Crippen molar-refractivity contribution in [2.24, 2.45) is 0 Å². The van der Waals surface area contributed by atoms with Crippen molar-refractivity contribution in [1.29, 1.82) is 0 Å². The van der Waals surface area contributed by atoms with E-state index in [-0.39, 0.29) is 5.82 Å². The van der Waals surface area contributed by atoms with Crippen LogP contribution >= 0.6 is 0 Å². The number of likely N-dealkylation sites (tertiary alicyclic amines) is 1. The summed E-state index contributed by atoms with van der Waals surface area (Å²) in [5.41, 5.74) is 7.78. The van der Waals surface area contributed by atoms with Crippen molar-refractivity contribution in [3.05, 3.63) is 23.5 Å². The van der Waals surface area contributed by atoms with Gasteiger partial charge in [0.1, 0.15) is 5.82 Å². The molecule has 0 spiro atoms. The number of benzene rings is 1. The van der Waals surface area contributed by atoms with Gasteiger partial charge in [0.25, 0.3) is 0 Å². The lowest BCUT2D eigenvalue weighted by atomic mass is 10.0. The third kappa shape index (κ3) is 2.93. The molecule has 1 aliphatic rings. The molecule has 0 saturated carbocycles. The third-order valence-corrected chi connectivity index (χ3v) is 3.78.